The summed E-state index contributed by atoms with van der Waals surface area (Å²) in [5.41, 5.74) is 0.0243. The Morgan fingerprint density at radius 2 is 1.77 bits per heavy atom. The van der Waals surface area contributed by atoms with E-state index in [-0.39, 0.29) is 35.7 Å². The van der Waals surface area contributed by atoms with Crippen LogP contribution in [0.4, 0.5) is 0 Å². The van der Waals surface area contributed by atoms with E-state index >= 15 is 0 Å². The molecule has 1 saturated heterocycles. The molecule has 0 aliphatic carbocycles. The lowest BCUT2D eigenvalue weighted by Crippen LogP contribution is -2.57. The Kier molecular flexibility index (Phi) is 10.0. The van der Waals surface area contributed by atoms with E-state index < -0.39 is 11.5 Å². The van der Waals surface area contributed by atoms with Crippen molar-refractivity contribution in [3.05, 3.63) is 11.6 Å². The maximum Gasteiger partial charge on any atom is 0.333 e. The fraction of sp³-hybridized carbons (Fsp3) is 0.783. The van der Waals surface area contributed by atoms with E-state index in [2.05, 4.69) is 10.6 Å². The highest BCUT2D eigenvalue weighted by Gasteiger charge is 2.38. The number of amides is 2. The molecule has 2 amide bonds. The minimum absolute atomic E-state index is 0.0579. The third kappa shape index (κ3) is 7.42. The Labute approximate surface area is 182 Å². The molecule has 0 aromatic heterocycles. The molecule has 30 heavy (non-hydrogen) atoms. The van der Waals surface area contributed by atoms with Gasteiger partial charge in [-0.15, -0.1) is 0 Å². The Balaban J connectivity index is 3.06. The molecule has 0 aromatic rings. The van der Waals surface area contributed by atoms with Crippen molar-refractivity contribution < 1.29 is 19.1 Å². The second-order valence-electron chi connectivity index (χ2n) is 9.59. The van der Waals surface area contributed by atoms with Gasteiger partial charge in [0.05, 0.1) is 12.6 Å². The number of piperidine rings is 1. The van der Waals surface area contributed by atoms with Gasteiger partial charge >= 0.3 is 5.97 Å². The SMILES string of the molecule is CCOC(=O)/C(C)=C/[C@H](C(C)C)N(C)C(=O)C(NC(=O)C1CCNCC1)C(C)(C)C. The van der Waals surface area contributed by atoms with Crippen molar-refractivity contribution >= 4 is 17.8 Å². The van der Waals surface area contributed by atoms with E-state index in [1.54, 1.807) is 31.9 Å². The van der Waals surface area contributed by atoms with Crippen LogP contribution in [0.1, 0.15) is 61.3 Å². The molecule has 1 aliphatic heterocycles. The minimum Gasteiger partial charge on any atom is -0.463 e. The molecule has 0 saturated carbocycles. The van der Waals surface area contributed by atoms with Gasteiger partial charge in [-0.1, -0.05) is 40.7 Å². The Morgan fingerprint density at radius 3 is 2.23 bits per heavy atom. The van der Waals surface area contributed by atoms with Gasteiger partial charge < -0.3 is 20.3 Å². The van der Waals surface area contributed by atoms with Gasteiger partial charge in [0.15, 0.2) is 0 Å². The van der Waals surface area contributed by atoms with Crippen LogP contribution in [0, 0.1) is 17.3 Å². The van der Waals surface area contributed by atoms with E-state index in [1.165, 1.54) is 0 Å². The maximum atomic E-state index is 13.5. The van der Waals surface area contributed by atoms with Crippen LogP contribution in [0.5, 0.6) is 0 Å². The lowest BCUT2D eigenvalue weighted by molar-refractivity contribution is -0.141. The van der Waals surface area contributed by atoms with E-state index in [0.717, 1.165) is 25.9 Å². The molecule has 0 aromatic carbocycles. The summed E-state index contributed by atoms with van der Waals surface area (Å²) >= 11 is 0. The first kappa shape index (κ1) is 26.1. The van der Waals surface area contributed by atoms with E-state index in [1.807, 2.05) is 34.6 Å². The zero-order chi connectivity index (χ0) is 23.1. The molecule has 7 heteroatoms. The second-order valence-corrected chi connectivity index (χ2v) is 9.59. The summed E-state index contributed by atoms with van der Waals surface area (Å²) < 4.78 is 5.07. The van der Waals surface area contributed by atoms with E-state index in [0.29, 0.717) is 12.2 Å². The van der Waals surface area contributed by atoms with Crippen LogP contribution in [0.25, 0.3) is 0 Å². The molecule has 0 spiro atoms. The number of carbonyl (C=O) groups excluding carboxylic acids is 3. The van der Waals surface area contributed by atoms with Crippen molar-refractivity contribution in [3.63, 3.8) is 0 Å². The van der Waals surface area contributed by atoms with Crippen LogP contribution in [-0.4, -0.2) is 61.5 Å². The highest BCUT2D eigenvalue weighted by atomic mass is 16.5. The highest BCUT2D eigenvalue weighted by Crippen LogP contribution is 2.25. The summed E-state index contributed by atoms with van der Waals surface area (Å²) in [7, 11) is 1.73. The zero-order valence-corrected chi connectivity index (χ0v) is 20.0. The number of hydrogen-bond acceptors (Lipinski definition) is 5. The Hall–Kier alpha value is -1.89. The average molecular weight is 424 g/mol. The topological polar surface area (TPSA) is 87.7 Å². The molecular weight excluding hydrogens is 382 g/mol. The maximum absolute atomic E-state index is 13.5. The van der Waals surface area contributed by atoms with Crippen LogP contribution >= 0.6 is 0 Å². The van der Waals surface area contributed by atoms with E-state index in [9.17, 15) is 14.4 Å². The van der Waals surface area contributed by atoms with Gasteiger partial charge in [-0.3, -0.25) is 9.59 Å². The molecule has 1 aliphatic rings. The largest absolute Gasteiger partial charge is 0.463 e. The van der Waals surface area contributed by atoms with Gasteiger partial charge in [0.25, 0.3) is 0 Å². The predicted octanol–water partition coefficient (Wildman–Crippen LogP) is 2.51. The molecule has 1 heterocycles. The lowest BCUT2D eigenvalue weighted by Gasteiger charge is -2.38. The van der Waals surface area contributed by atoms with Crippen molar-refractivity contribution in [2.75, 3.05) is 26.7 Å². The molecule has 7 nitrogen and oxygen atoms in total. The second kappa shape index (κ2) is 11.5. The summed E-state index contributed by atoms with van der Waals surface area (Å²) in [6.45, 7) is 15.3. The fourth-order valence-corrected chi connectivity index (χ4v) is 3.66. The molecule has 1 rings (SSSR count). The molecule has 2 atom stereocenters. The number of esters is 1. The first-order chi connectivity index (χ1) is 13.9. The number of likely N-dealkylation sites (N-methyl/N-ethyl adjacent to an activating group) is 1. The number of ether oxygens (including phenoxy) is 1. The first-order valence-electron chi connectivity index (χ1n) is 11.0. The molecular formula is C23H41N3O4. The van der Waals surface area contributed by atoms with Gasteiger partial charge in [-0.25, -0.2) is 4.79 Å². The van der Waals surface area contributed by atoms with Crippen molar-refractivity contribution in [2.24, 2.45) is 17.3 Å². The van der Waals surface area contributed by atoms with Gasteiger partial charge in [0, 0.05) is 18.5 Å². The third-order valence-electron chi connectivity index (χ3n) is 5.61. The molecule has 1 fully saturated rings. The van der Waals surface area contributed by atoms with Gasteiger partial charge in [0.1, 0.15) is 6.04 Å². The quantitative estimate of drug-likeness (QED) is 0.463. The van der Waals surface area contributed by atoms with Crippen molar-refractivity contribution in [1.82, 2.24) is 15.5 Å². The first-order valence-corrected chi connectivity index (χ1v) is 11.0. The molecule has 1 unspecified atom stereocenters. The normalized spacial score (nSPS) is 18.0. The highest BCUT2D eigenvalue weighted by molar-refractivity contribution is 5.90. The molecule has 0 bridgehead atoms. The Morgan fingerprint density at radius 1 is 1.20 bits per heavy atom. The van der Waals surface area contributed by atoms with Gasteiger partial charge in [0.2, 0.25) is 11.8 Å². The summed E-state index contributed by atoms with van der Waals surface area (Å²) in [4.78, 5) is 40.0. The third-order valence-corrected chi connectivity index (χ3v) is 5.61. The number of nitrogens with one attached hydrogen (secondary N) is 2. The number of nitrogens with zero attached hydrogens (tertiary/aromatic N) is 1. The van der Waals surface area contributed by atoms with Gasteiger partial charge in [-0.2, -0.15) is 0 Å². The van der Waals surface area contributed by atoms with Crippen molar-refractivity contribution in [2.45, 2.75) is 73.4 Å². The van der Waals surface area contributed by atoms with Crippen LogP contribution in [-0.2, 0) is 19.1 Å². The zero-order valence-electron chi connectivity index (χ0n) is 20.0. The monoisotopic (exact) mass is 423 g/mol. The van der Waals surface area contributed by atoms with Crippen LogP contribution < -0.4 is 10.6 Å². The number of hydrogen-bond donors (Lipinski definition) is 2. The molecule has 0 radical (unpaired) electrons. The lowest BCUT2D eigenvalue weighted by atomic mass is 9.84. The minimum atomic E-state index is -0.651. The van der Waals surface area contributed by atoms with Gasteiger partial charge in [-0.05, 0) is 51.1 Å². The summed E-state index contributed by atoms with van der Waals surface area (Å²) in [5, 5.41) is 6.29. The molecule has 172 valence electrons. The van der Waals surface area contributed by atoms with Crippen LogP contribution in [0.3, 0.4) is 0 Å². The fourth-order valence-electron chi connectivity index (χ4n) is 3.66. The molecule has 2 N–H and O–H groups in total. The predicted molar refractivity (Wildman–Crippen MR) is 119 cm³/mol. The van der Waals surface area contributed by atoms with E-state index in [4.69, 9.17) is 4.74 Å². The summed E-state index contributed by atoms with van der Waals surface area (Å²) in [5.74, 6) is -0.574. The Bertz CT molecular complexity index is 631. The number of rotatable bonds is 8. The standard InChI is InChI=1S/C23H41N3O4/c1-9-30-22(29)16(4)14-18(15(2)3)26(8)21(28)19(23(5,6)7)25-20(27)17-10-12-24-13-11-17/h14-15,17-19,24H,9-13H2,1-8H3,(H,25,27)/b16-14+/t18-,19?/m1/s1. The smallest absolute Gasteiger partial charge is 0.333 e. The summed E-state index contributed by atoms with van der Waals surface area (Å²) in [6.07, 6.45) is 3.35. The summed E-state index contributed by atoms with van der Waals surface area (Å²) in [6, 6.07) is -0.940. The van der Waals surface area contributed by atoms with Crippen molar-refractivity contribution in [1.29, 1.82) is 0 Å². The average Bonchev–Trinajstić information content (AvgIpc) is 2.68. The van der Waals surface area contributed by atoms with Crippen molar-refractivity contribution in [3.8, 4) is 0 Å². The number of carbonyl (C=O) groups is 3. The van der Waals surface area contributed by atoms with Crippen LogP contribution in [0.15, 0.2) is 11.6 Å². The van der Waals surface area contributed by atoms with Crippen LogP contribution in [0.2, 0.25) is 0 Å².